The van der Waals surface area contributed by atoms with Crippen molar-refractivity contribution in [3.05, 3.63) is 150 Å². The van der Waals surface area contributed by atoms with Gasteiger partial charge in [-0.05, 0) is 92.6 Å². The predicted molar refractivity (Wildman–Crippen MR) is 200 cm³/mol. The summed E-state index contributed by atoms with van der Waals surface area (Å²) >= 11 is 0. The number of benzene rings is 1. The molecular weight excluding hydrogens is 654 g/mol. The smallest absolute Gasteiger partial charge is 0.407 e. The molecule has 0 aliphatic carbocycles. The van der Waals surface area contributed by atoms with Crippen LogP contribution in [-0.2, 0) is 48.7 Å². The molecule has 0 aliphatic rings. The fourth-order valence-electron chi connectivity index (χ4n) is 5.59. The third-order valence-corrected chi connectivity index (χ3v) is 7.70. The minimum atomic E-state index is -0.548. The third kappa shape index (κ3) is 14.2. The second-order valence-electron chi connectivity index (χ2n) is 13.4. The van der Waals surface area contributed by atoms with E-state index in [1.807, 2.05) is 118 Å². The second-order valence-corrected chi connectivity index (χ2v) is 13.4. The summed E-state index contributed by atoms with van der Waals surface area (Å²) in [7, 11) is 0. The first kappa shape index (κ1) is 38.0. The summed E-state index contributed by atoms with van der Waals surface area (Å²) in [6.07, 6.45) is 6.85. The van der Waals surface area contributed by atoms with E-state index in [-0.39, 0.29) is 0 Å². The van der Waals surface area contributed by atoms with Gasteiger partial charge in [0.15, 0.2) is 0 Å². The van der Waals surface area contributed by atoms with Crippen molar-refractivity contribution in [2.24, 2.45) is 0 Å². The van der Waals surface area contributed by atoms with Gasteiger partial charge in [-0.15, -0.1) is 0 Å². The average molecular weight is 704 g/mol. The lowest BCUT2D eigenvalue weighted by Crippen LogP contribution is -2.34. The molecule has 0 aliphatic heterocycles. The molecule has 0 spiro atoms. The fourth-order valence-corrected chi connectivity index (χ4v) is 5.59. The van der Waals surface area contributed by atoms with Gasteiger partial charge in [-0.3, -0.25) is 29.7 Å². The molecule has 0 fully saturated rings. The fraction of sp³-hybridized carbons (Fsp3) is 0.341. The number of rotatable bonds is 19. The van der Waals surface area contributed by atoms with Crippen LogP contribution >= 0.6 is 0 Å². The second kappa shape index (κ2) is 20.0. The van der Waals surface area contributed by atoms with Crippen LogP contribution in [0.4, 0.5) is 4.79 Å². The zero-order valence-corrected chi connectivity index (χ0v) is 30.4. The van der Waals surface area contributed by atoms with Gasteiger partial charge in [0.2, 0.25) is 0 Å². The maximum Gasteiger partial charge on any atom is 0.407 e. The lowest BCUT2D eigenvalue weighted by atomic mass is 10.1. The van der Waals surface area contributed by atoms with Crippen LogP contribution in [0.1, 0.15) is 54.7 Å². The quantitative estimate of drug-likeness (QED) is 0.0945. The Morgan fingerprint density at radius 3 is 1.42 bits per heavy atom. The maximum absolute atomic E-state index is 11.9. The van der Waals surface area contributed by atoms with Crippen LogP contribution < -0.4 is 10.1 Å². The van der Waals surface area contributed by atoms with Crippen LogP contribution in [0.3, 0.4) is 0 Å². The van der Waals surface area contributed by atoms with Gasteiger partial charge < -0.3 is 19.5 Å². The Kier molecular flexibility index (Phi) is 14.6. The van der Waals surface area contributed by atoms with E-state index in [0.717, 1.165) is 39.7 Å². The molecule has 4 heterocycles. The van der Waals surface area contributed by atoms with Crippen LogP contribution in [0.15, 0.2) is 116 Å². The number of nitrogens with zero attached hydrogens (tertiary/aromatic N) is 6. The molecule has 0 bridgehead atoms. The highest BCUT2D eigenvalue weighted by Crippen LogP contribution is 2.23. The first-order valence-electron chi connectivity index (χ1n) is 17.6. The first-order chi connectivity index (χ1) is 25.3. The molecule has 1 N–H and O–H groups in total. The lowest BCUT2D eigenvalue weighted by Gasteiger charge is -2.25. The molecule has 272 valence electrons. The number of nitrogens with one attached hydrogen (secondary N) is 1. The number of ether oxygens (including phenoxy) is 3. The van der Waals surface area contributed by atoms with E-state index in [1.54, 1.807) is 0 Å². The van der Waals surface area contributed by atoms with Crippen molar-refractivity contribution in [1.82, 2.24) is 35.1 Å². The van der Waals surface area contributed by atoms with E-state index >= 15 is 0 Å². The van der Waals surface area contributed by atoms with Gasteiger partial charge in [0.05, 0.1) is 36.0 Å². The van der Waals surface area contributed by atoms with E-state index < -0.39 is 11.7 Å². The molecule has 0 saturated heterocycles. The van der Waals surface area contributed by atoms with Crippen LogP contribution in [0.25, 0.3) is 0 Å². The first-order valence-corrected chi connectivity index (χ1v) is 17.6. The normalized spacial score (nSPS) is 11.5. The minimum absolute atomic E-state index is 0.347. The maximum atomic E-state index is 11.9. The molecule has 0 atom stereocenters. The van der Waals surface area contributed by atoms with Gasteiger partial charge in [0.1, 0.15) is 18.0 Å². The summed E-state index contributed by atoms with van der Waals surface area (Å²) in [5.74, 6) is 0.759. The molecule has 11 nitrogen and oxygen atoms in total. The van der Waals surface area contributed by atoms with Crippen molar-refractivity contribution in [2.45, 2.75) is 65.6 Å². The zero-order chi connectivity index (χ0) is 36.4. The number of hydrogen-bond donors (Lipinski definition) is 1. The lowest BCUT2D eigenvalue weighted by molar-refractivity contribution is 0.0489. The van der Waals surface area contributed by atoms with Crippen molar-refractivity contribution in [2.75, 3.05) is 26.4 Å². The molecule has 11 heteroatoms. The van der Waals surface area contributed by atoms with E-state index in [9.17, 15) is 4.79 Å². The van der Waals surface area contributed by atoms with Crippen molar-refractivity contribution in [3.63, 3.8) is 0 Å². The third-order valence-electron chi connectivity index (χ3n) is 7.70. The van der Waals surface area contributed by atoms with E-state index in [2.05, 4.69) is 53.3 Å². The Morgan fingerprint density at radius 2 is 1.04 bits per heavy atom. The molecule has 0 saturated carbocycles. The van der Waals surface area contributed by atoms with E-state index in [1.165, 1.54) is 0 Å². The number of hydrogen-bond acceptors (Lipinski definition) is 10. The molecule has 1 aromatic carbocycles. The molecule has 4 aromatic heterocycles. The van der Waals surface area contributed by atoms with Crippen LogP contribution in [-0.4, -0.2) is 67.8 Å². The summed E-state index contributed by atoms with van der Waals surface area (Å²) in [6.45, 7) is 10.9. The van der Waals surface area contributed by atoms with Gasteiger partial charge in [-0.1, -0.05) is 30.3 Å². The standard InChI is InChI=1S/C41H49N7O4/c1-41(2,3)52-40(49)46-20-21-50-22-23-51-39-25-33(27-47(29-35-12-4-8-16-42-35)30-36-13-5-9-17-43-36)24-34(26-39)28-48(31-37-14-6-10-18-44-37)32-38-15-7-11-19-45-38/h4-19,24-26H,20-23,27-32H2,1-3H3,(H,46,49). The van der Waals surface area contributed by atoms with Crippen molar-refractivity contribution in [3.8, 4) is 5.75 Å². The van der Waals surface area contributed by atoms with Gasteiger partial charge in [-0.25, -0.2) is 4.79 Å². The SMILES string of the molecule is CC(C)(C)OC(=O)NCCOCCOc1cc(CN(Cc2ccccn2)Cc2ccccn2)cc(CN(Cc2ccccn2)Cc2ccccn2)c1. The Morgan fingerprint density at radius 1 is 0.596 bits per heavy atom. The highest BCUT2D eigenvalue weighted by atomic mass is 16.6. The predicted octanol–water partition coefficient (Wildman–Crippen LogP) is 6.59. The van der Waals surface area contributed by atoms with Crippen molar-refractivity contribution < 1.29 is 19.0 Å². The summed E-state index contributed by atoms with van der Waals surface area (Å²) in [5, 5.41) is 2.71. The van der Waals surface area contributed by atoms with Crippen LogP contribution in [0.2, 0.25) is 0 Å². The molecule has 1 amide bonds. The van der Waals surface area contributed by atoms with E-state index in [4.69, 9.17) is 14.2 Å². The number of pyridine rings is 4. The molecule has 5 aromatic rings. The highest BCUT2D eigenvalue weighted by Gasteiger charge is 2.17. The van der Waals surface area contributed by atoms with Crippen molar-refractivity contribution in [1.29, 1.82) is 0 Å². The monoisotopic (exact) mass is 703 g/mol. The topological polar surface area (TPSA) is 115 Å². The number of alkyl carbamates (subject to hydrolysis) is 1. The summed E-state index contributed by atoms with van der Waals surface area (Å²) in [4.78, 5) is 35.0. The Labute approximate surface area is 307 Å². The highest BCUT2D eigenvalue weighted by molar-refractivity contribution is 5.67. The number of carbonyl (C=O) groups excluding carboxylic acids is 1. The molecule has 0 unspecified atom stereocenters. The largest absolute Gasteiger partial charge is 0.491 e. The Bertz CT molecular complexity index is 1570. The number of aromatic nitrogens is 4. The average Bonchev–Trinajstić information content (AvgIpc) is 3.12. The van der Waals surface area contributed by atoms with Gasteiger partial charge in [0.25, 0.3) is 0 Å². The molecular formula is C41H49N7O4. The van der Waals surface area contributed by atoms with E-state index in [0.29, 0.717) is 65.6 Å². The zero-order valence-electron chi connectivity index (χ0n) is 30.4. The molecule has 5 rings (SSSR count). The number of carbonyl (C=O) groups is 1. The van der Waals surface area contributed by atoms with Gasteiger partial charge in [0, 0.05) is 70.6 Å². The summed E-state index contributed by atoms with van der Waals surface area (Å²) in [5.41, 5.74) is 5.62. The van der Waals surface area contributed by atoms with Crippen molar-refractivity contribution >= 4 is 6.09 Å². The summed E-state index contributed by atoms with van der Waals surface area (Å²) < 4.78 is 17.3. The summed E-state index contributed by atoms with van der Waals surface area (Å²) in [6, 6.07) is 30.4. The van der Waals surface area contributed by atoms with Crippen LogP contribution in [0.5, 0.6) is 5.75 Å². The van der Waals surface area contributed by atoms with Gasteiger partial charge >= 0.3 is 6.09 Å². The van der Waals surface area contributed by atoms with Crippen LogP contribution in [0, 0.1) is 0 Å². The number of amides is 1. The molecule has 52 heavy (non-hydrogen) atoms. The Balaban J connectivity index is 1.32. The molecule has 0 radical (unpaired) electrons. The minimum Gasteiger partial charge on any atom is -0.491 e. The van der Waals surface area contributed by atoms with Gasteiger partial charge in [-0.2, -0.15) is 0 Å². The Hall–Kier alpha value is -5.23.